The van der Waals surface area contributed by atoms with E-state index in [9.17, 15) is 31.5 Å². The van der Waals surface area contributed by atoms with Gasteiger partial charge in [-0.05, 0) is 51.1 Å². The fourth-order valence-corrected chi connectivity index (χ4v) is 3.24. The first-order chi connectivity index (χ1) is 16.3. The molecule has 0 aliphatic carbocycles. The van der Waals surface area contributed by atoms with E-state index in [2.05, 4.69) is 15.3 Å². The van der Waals surface area contributed by atoms with Crippen molar-refractivity contribution in [1.29, 1.82) is 0 Å². The molecule has 1 aromatic carbocycles. The fourth-order valence-electron chi connectivity index (χ4n) is 3.24. The number of benzene rings is 1. The molecular formula is C23H23F5N4O3. The van der Waals surface area contributed by atoms with Gasteiger partial charge in [0.15, 0.2) is 17.5 Å². The van der Waals surface area contributed by atoms with E-state index in [4.69, 9.17) is 4.74 Å². The van der Waals surface area contributed by atoms with Gasteiger partial charge in [-0.1, -0.05) is 0 Å². The van der Waals surface area contributed by atoms with Crippen LogP contribution in [0, 0.1) is 11.6 Å². The first-order valence-corrected chi connectivity index (χ1v) is 10.7. The molecule has 0 fully saturated rings. The number of hydrogen-bond acceptors (Lipinski definition) is 5. The Morgan fingerprint density at radius 3 is 2.34 bits per heavy atom. The van der Waals surface area contributed by atoms with E-state index >= 15 is 0 Å². The van der Waals surface area contributed by atoms with Gasteiger partial charge >= 0.3 is 12.3 Å². The van der Waals surface area contributed by atoms with Crippen LogP contribution < -0.4 is 10.9 Å². The lowest BCUT2D eigenvalue weighted by molar-refractivity contribution is -0.138. The third kappa shape index (κ3) is 6.31. The Morgan fingerprint density at radius 2 is 1.74 bits per heavy atom. The number of nitrogens with zero attached hydrogens (tertiary/aromatic N) is 3. The Balaban J connectivity index is 1.75. The average Bonchev–Trinajstić information content (AvgIpc) is 2.75. The number of hydrogen-bond donors (Lipinski definition) is 1. The van der Waals surface area contributed by atoms with Crippen molar-refractivity contribution in [1.82, 2.24) is 19.9 Å². The zero-order valence-electron chi connectivity index (χ0n) is 19.2. The van der Waals surface area contributed by atoms with Gasteiger partial charge < -0.3 is 14.6 Å². The molecule has 3 aromatic rings. The molecule has 2 heterocycles. The number of aromatic nitrogens is 3. The average molecular weight is 498 g/mol. The third-order valence-corrected chi connectivity index (χ3v) is 4.86. The molecule has 0 unspecified atom stereocenters. The van der Waals surface area contributed by atoms with Gasteiger partial charge in [-0.15, -0.1) is 0 Å². The topological polar surface area (TPSA) is 86.1 Å². The zero-order chi connectivity index (χ0) is 26.0. The smallest absolute Gasteiger partial charge is 0.419 e. The monoisotopic (exact) mass is 498 g/mol. The minimum atomic E-state index is -4.68. The van der Waals surface area contributed by atoms with Crippen LogP contribution in [0.2, 0.25) is 0 Å². The van der Waals surface area contributed by atoms with Crippen molar-refractivity contribution in [2.45, 2.75) is 51.9 Å². The summed E-state index contributed by atoms with van der Waals surface area (Å²) in [5, 5.41) is 2.15. The first-order valence-electron chi connectivity index (χ1n) is 10.7. The number of fused-ring (bicyclic) bond motifs is 1. The molecule has 12 heteroatoms. The lowest BCUT2D eigenvalue weighted by Crippen LogP contribution is -2.33. The standard InChI is InChI=1S/C23H23F5N4O3/c1-22(2,3)35-21(34)29-7-4-5-8-32-9-6-13-10-15(17(24)18(25)16(13)20(32)33)19-30-11-14(12-31-19)23(26,27)28/h6,9-12H,4-5,7-8H2,1-3H3,(H,29,34). The maximum Gasteiger partial charge on any atom is 0.419 e. The van der Waals surface area contributed by atoms with Crippen molar-refractivity contribution >= 4 is 16.9 Å². The van der Waals surface area contributed by atoms with Gasteiger partial charge in [0.1, 0.15) is 5.60 Å². The summed E-state index contributed by atoms with van der Waals surface area (Å²) in [6.07, 6.45) is -1.93. The molecule has 3 rings (SSSR count). The lowest BCUT2D eigenvalue weighted by Gasteiger charge is -2.19. The van der Waals surface area contributed by atoms with Gasteiger partial charge in [0, 0.05) is 31.7 Å². The molecule has 1 N–H and O–H groups in total. The molecule has 2 aromatic heterocycles. The van der Waals surface area contributed by atoms with Crippen LogP contribution >= 0.6 is 0 Å². The Kier molecular flexibility index (Phi) is 7.41. The number of halogens is 5. The largest absolute Gasteiger partial charge is 0.444 e. The van der Waals surface area contributed by atoms with Crippen molar-refractivity contribution < 1.29 is 31.5 Å². The van der Waals surface area contributed by atoms with Crippen LogP contribution in [0.4, 0.5) is 26.7 Å². The van der Waals surface area contributed by atoms with Gasteiger partial charge in [-0.2, -0.15) is 13.2 Å². The summed E-state index contributed by atoms with van der Waals surface area (Å²) in [7, 11) is 0. The zero-order valence-corrected chi connectivity index (χ0v) is 19.2. The molecular weight excluding hydrogens is 475 g/mol. The van der Waals surface area contributed by atoms with Crippen molar-refractivity contribution in [3.05, 3.63) is 58.3 Å². The molecule has 0 aliphatic heterocycles. The molecule has 188 valence electrons. The lowest BCUT2D eigenvalue weighted by atomic mass is 10.1. The number of unbranched alkanes of at least 4 members (excludes halogenated alkanes) is 1. The number of aryl methyl sites for hydroxylation is 1. The summed E-state index contributed by atoms with van der Waals surface area (Å²) in [5.74, 6) is -3.32. The maximum absolute atomic E-state index is 14.8. The van der Waals surface area contributed by atoms with Crippen LogP contribution in [0.15, 0.2) is 35.5 Å². The second kappa shape index (κ2) is 9.96. The highest BCUT2D eigenvalue weighted by Crippen LogP contribution is 2.31. The van der Waals surface area contributed by atoms with Gasteiger partial charge in [-0.3, -0.25) is 4.79 Å². The van der Waals surface area contributed by atoms with Crippen molar-refractivity contribution in [3.63, 3.8) is 0 Å². The normalized spacial score (nSPS) is 12.1. The predicted octanol–water partition coefficient (Wildman–Crippen LogP) is 5.06. The minimum absolute atomic E-state index is 0.0511. The Bertz CT molecular complexity index is 1280. The molecule has 0 bridgehead atoms. The second-order valence-corrected chi connectivity index (χ2v) is 8.76. The van der Waals surface area contributed by atoms with Crippen molar-refractivity contribution in [2.75, 3.05) is 6.54 Å². The van der Waals surface area contributed by atoms with Crippen LogP contribution in [0.5, 0.6) is 0 Å². The van der Waals surface area contributed by atoms with Gasteiger partial charge in [0.25, 0.3) is 5.56 Å². The summed E-state index contributed by atoms with van der Waals surface area (Å²) in [5.41, 5.74) is -2.99. The summed E-state index contributed by atoms with van der Waals surface area (Å²) >= 11 is 0. The Labute approximate surface area is 197 Å². The molecule has 0 aliphatic rings. The number of rotatable bonds is 6. The third-order valence-electron chi connectivity index (χ3n) is 4.86. The number of nitrogens with one attached hydrogen (secondary N) is 1. The quantitative estimate of drug-likeness (QED) is 0.379. The summed E-state index contributed by atoms with van der Waals surface area (Å²) in [4.78, 5) is 31.4. The van der Waals surface area contributed by atoms with Crippen molar-refractivity contribution in [2.24, 2.45) is 0 Å². The molecule has 0 atom stereocenters. The van der Waals surface area contributed by atoms with Crippen LogP contribution in [-0.2, 0) is 17.5 Å². The number of alkyl halides is 3. The van der Waals surface area contributed by atoms with E-state index in [1.165, 1.54) is 16.8 Å². The molecule has 7 nitrogen and oxygen atoms in total. The SMILES string of the molecule is CC(C)(C)OC(=O)NCCCCn1ccc2cc(-c3ncc(C(F)(F)F)cn3)c(F)c(F)c2c1=O. The highest BCUT2D eigenvalue weighted by atomic mass is 19.4. The van der Waals surface area contributed by atoms with Crippen LogP contribution in [0.1, 0.15) is 39.2 Å². The van der Waals surface area contributed by atoms with Crippen LogP contribution in [-0.4, -0.2) is 32.8 Å². The minimum Gasteiger partial charge on any atom is -0.444 e. The summed E-state index contributed by atoms with van der Waals surface area (Å²) in [6.45, 7) is 5.70. The van der Waals surface area contributed by atoms with E-state index < -0.39 is 57.4 Å². The van der Waals surface area contributed by atoms with Crippen LogP contribution in [0.3, 0.4) is 0 Å². The van der Waals surface area contributed by atoms with Gasteiger partial charge in [0.2, 0.25) is 0 Å². The van der Waals surface area contributed by atoms with Crippen molar-refractivity contribution in [3.8, 4) is 11.4 Å². The van der Waals surface area contributed by atoms with Crippen LogP contribution in [0.25, 0.3) is 22.2 Å². The molecule has 1 amide bonds. The number of alkyl carbamates (subject to hydrolysis) is 1. The number of ether oxygens (including phenoxy) is 1. The van der Waals surface area contributed by atoms with Gasteiger partial charge in [-0.25, -0.2) is 23.5 Å². The fraction of sp³-hybridized carbons (Fsp3) is 0.391. The van der Waals surface area contributed by atoms with Gasteiger partial charge in [0.05, 0.1) is 16.5 Å². The maximum atomic E-state index is 14.8. The number of carbonyl (C=O) groups excluding carboxylic acids is 1. The number of amides is 1. The highest BCUT2D eigenvalue weighted by Gasteiger charge is 2.31. The predicted molar refractivity (Wildman–Crippen MR) is 118 cm³/mol. The molecule has 0 radical (unpaired) electrons. The Hall–Kier alpha value is -3.57. The molecule has 0 saturated carbocycles. The first kappa shape index (κ1) is 26.0. The van der Waals surface area contributed by atoms with E-state index in [0.29, 0.717) is 31.8 Å². The number of pyridine rings is 1. The molecule has 0 saturated heterocycles. The summed E-state index contributed by atoms with van der Waals surface area (Å²) in [6, 6.07) is 2.51. The number of carbonyl (C=O) groups is 1. The van der Waals surface area contributed by atoms with E-state index in [1.54, 1.807) is 20.8 Å². The van der Waals surface area contributed by atoms with E-state index in [0.717, 1.165) is 6.07 Å². The second-order valence-electron chi connectivity index (χ2n) is 8.76. The highest BCUT2D eigenvalue weighted by molar-refractivity contribution is 5.86. The van der Waals surface area contributed by atoms with E-state index in [-0.39, 0.29) is 11.9 Å². The molecule has 0 spiro atoms. The summed E-state index contributed by atoms with van der Waals surface area (Å²) < 4.78 is 74.0. The van der Waals surface area contributed by atoms with E-state index in [1.807, 2.05) is 0 Å². The molecule has 35 heavy (non-hydrogen) atoms. The Morgan fingerprint density at radius 1 is 1.09 bits per heavy atom.